The summed E-state index contributed by atoms with van der Waals surface area (Å²) in [5, 5.41) is 18.8. The summed E-state index contributed by atoms with van der Waals surface area (Å²) in [6.07, 6.45) is 3.23. The van der Waals surface area contributed by atoms with Crippen molar-refractivity contribution in [1.29, 1.82) is 0 Å². The van der Waals surface area contributed by atoms with E-state index in [4.69, 9.17) is 0 Å². The number of carboxylic acid groups (broad SMARTS) is 1. The summed E-state index contributed by atoms with van der Waals surface area (Å²) >= 11 is 3.34. The Morgan fingerprint density at radius 2 is 1.94 bits per heavy atom. The largest absolute Gasteiger partial charge is 0.508 e. The lowest BCUT2D eigenvalue weighted by Crippen LogP contribution is -2.32. The lowest BCUT2D eigenvalue weighted by Gasteiger charge is -2.25. The molecule has 0 spiro atoms. The van der Waals surface area contributed by atoms with Crippen LogP contribution in [0.1, 0.15) is 31.2 Å². The van der Waals surface area contributed by atoms with Gasteiger partial charge in [0.25, 0.3) is 0 Å². The molecule has 86 valence electrons. The zero-order valence-corrected chi connectivity index (χ0v) is 10.3. The Labute approximate surface area is 102 Å². The first kappa shape index (κ1) is 11.5. The molecule has 4 heteroatoms. The number of aromatic hydroxyl groups is 1. The number of hydrogen-bond acceptors (Lipinski definition) is 2. The fraction of sp³-hybridized carbons (Fsp3) is 0.417. The highest BCUT2D eigenvalue weighted by Crippen LogP contribution is 2.44. The average Bonchev–Trinajstić information content (AvgIpc) is 2.67. The van der Waals surface area contributed by atoms with Gasteiger partial charge in [0.1, 0.15) is 5.75 Å². The second-order valence-corrected chi connectivity index (χ2v) is 5.11. The Hall–Kier alpha value is -1.03. The molecule has 2 N–H and O–H groups in total. The van der Waals surface area contributed by atoms with Crippen LogP contribution in [0.4, 0.5) is 0 Å². The smallest absolute Gasteiger partial charge is 0.314 e. The number of phenolic OH excluding ortho intramolecular Hbond substituents is 1. The molecule has 0 saturated heterocycles. The molecule has 0 atom stereocenters. The molecule has 0 aliphatic heterocycles. The van der Waals surface area contributed by atoms with Crippen molar-refractivity contribution in [3.8, 4) is 5.75 Å². The van der Waals surface area contributed by atoms with Crippen LogP contribution in [0, 0.1) is 0 Å². The van der Waals surface area contributed by atoms with Crippen LogP contribution in [0.15, 0.2) is 22.7 Å². The van der Waals surface area contributed by atoms with E-state index in [1.807, 2.05) is 0 Å². The third kappa shape index (κ3) is 1.71. The molecule has 1 aromatic rings. The summed E-state index contributed by atoms with van der Waals surface area (Å²) < 4.78 is 0.678. The van der Waals surface area contributed by atoms with Crippen molar-refractivity contribution in [3.63, 3.8) is 0 Å². The van der Waals surface area contributed by atoms with Gasteiger partial charge in [0.05, 0.1) is 5.41 Å². The first-order valence-corrected chi connectivity index (χ1v) is 6.08. The molecule has 1 fully saturated rings. The summed E-state index contributed by atoms with van der Waals surface area (Å²) in [7, 11) is 0. The van der Waals surface area contributed by atoms with Gasteiger partial charge in [-0.15, -0.1) is 0 Å². The first-order chi connectivity index (χ1) is 7.56. The van der Waals surface area contributed by atoms with E-state index < -0.39 is 11.4 Å². The van der Waals surface area contributed by atoms with E-state index in [-0.39, 0.29) is 5.75 Å². The summed E-state index contributed by atoms with van der Waals surface area (Å²) in [6.45, 7) is 0. The van der Waals surface area contributed by atoms with Gasteiger partial charge >= 0.3 is 5.97 Å². The number of carboxylic acids is 1. The van der Waals surface area contributed by atoms with E-state index in [0.717, 1.165) is 18.4 Å². The maximum absolute atomic E-state index is 11.5. The van der Waals surface area contributed by atoms with E-state index in [1.54, 1.807) is 18.2 Å². The number of carbonyl (C=O) groups is 1. The Morgan fingerprint density at radius 1 is 1.31 bits per heavy atom. The number of phenols is 1. The topological polar surface area (TPSA) is 57.5 Å². The van der Waals surface area contributed by atoms with Gasteiger partial charge < -0.3 is 10.2 Å². The van der Waals surface area contributed by atoms with Gasteiger partial charge in [-0.1, -0.05) is 34.8 Å². The SMILES string of the molecule is O=C(O)C1(c2ccc(O)cc2Br)CCCC1. The summed E-state index contributed by atoms with van der Waals surface area (Å²) in [6, 6.07) is 4.81. The number of benzene rings is 1. The second-order valence-electron chi connectivity index (χ2n) is 4.26. The Morgan fingerprint density at radius 3 is 2.44 bits per heavy atom. The second kappa shape index (κ2) is 4.09. The van der Waals surface area contributed by atoms with Gasteiger partial charge in [-0.2, -0.15) is 0 Å². The van der Waals surface area contributed by atoms with Crippen molar-refractivity contribution in [1.82, 2.24) is 0 Å². The molecular formula is C12H13BrO3. The first-order valence-electron chi connectivity index (χ1n) is 5.29. The van der Waals surface area contributed by atoms with Crippen LogP contribution in [-0.2, 0) is 10.2 Å². The van der Waals surface area contributed by atoms with E-state index >= 15 is 0 Å². The minimum atomic E-state index is -0.771. The Balaban J connectivity index is 2.51. The van der Waals surface area contributed by atoms with Crippen LogP contribution in [0.2, 0.25) is 0 Å². The predicted octanol–water partition coefficient (Wildman–Crippen LogP) is 3.05. The number of hydrogen-bond donors (Lipinski definition) is 2. The highest BCUT2D eigenvalue weighted by molar-refractivity contribution is 9.10. The van der Waals surface area contributed by atoms with Crippen LogP contribution < -0.4 is 0 Å². The number of rotatable bonds is 2. The quantitative estimate of drug-likeness (QED) is 0.878. The van der Waals surface area contributed by atoms with E-state index in [9.17, 15) is 15.0 Å². The fourth-order valence-corrected chi connectivity index (χ4v) is 3.22. The molecule has 0 amide bonds. The van der Waals surface area contributed by atoms with Crippen molar-refractivity contribution in [3.05, 3.63) is 28.2 Å². The van der Waals surface area contributed by atoms with Crippen LogP contribution >= 0.6 is 15.9 Å². The van der Waals surface area contributed by atoms with E-state index in [2.05, 4.69) is 15.9 Å². The average molecular weight is 285 g/mol. The van der Waals surface area contributed by atoms with Gasteiger partial charge in [0, 0.05) is 4.47 Å². The zero-order valence-electron chi connectivity index (χ0n) is 8.74. The lowest BCUT2D eigenvalue weighted by atomic mass is 9.79. The predicted molar refractivity (Wildman–Crippen MR) is 63.6 cm³/mol. The summed E-state index contributed by atoms with van der Waals surface area (Å²) in [4.78, 5) is 11.5. The van der Waals surface area contributed by atoms with Gasteiger partial charge in [-0.25, -0.2) is 0 Å². The molecular weight excluding hydrogens is 272 g/mol. The molecule has 0 aromatic heterocycles. The van der Waals surface area contributed by atoms with Crippen molar-refractivity contribution < 1.29 is 15.0 Å². The molecule has 1 aliphatic rings. The van der Waals surface area contributed by atoms with Gasteiger partial charge in [-0.3, -0.25) is 4.79 Å². The molecule has 2 rings (SSSR count). The van der Waals surface area contributed by atoms with E-state index in [0.29, 0.717) is 17.3 Å². The normalized spacial score (nSPS) is 18.6. The minimum Gasteiger partial charge on any atom is -0.508 e. The van der Waals surface area contributed by atoms with Gasteiger partial charge in [0.15, 0.2) is 0 Å². The third-order valence-electron chi connectivity index (χ3n) is 3.33. The molecule has 1 saturated carbocycles. The highest BCUT2D eigenvalue weighted by atomic mass is 79.9. The molecule has 0 unspecified atom stereocenters. The van der Waals surface area contributed by atoms with Crippen LogP contribution in [0.5, 0.6) is 5.75 Å². The van der Waals surface area contributed by atoms with Crippen molar-refractivity contribution in [2.75, 3.05) is 0 Å². The van der Waals surface area contributed by atoms with Crippen molar-refractivity contribution >= 4 is 21.9 Å². The molecule has 0 heterocycles. The Kier molecular flexibility index (Phi) is 2.93. The Bertz CT molecular complexity index is 422. The molecule has 1 aliphatic carbocycles. The minimum absolute atomic E-state index is 0.147. The standard InChI is InChI=1S/C12H13BrO3/c13-10-7-8(14)3-4-9(10)12(11(15)16)5-1-2-6-12/h3-4,7,14H,1-2,5-6H2,(H,15,16). The maximum Gasteiger partial charge on any atom is 0.314 e. The molecule has 3 nitrogen and oxygen atoms in total. The van der Waals surface area contributed by atoms with Crippen LogP contribution in [0.3, 0.4) is 0 Å². The maximum atomic E-state index is 11.5. The monoisotopic (exact) mass is 284 g/mol. The number of halogens is 1. The zero-order chi connectivity index (χ0) is 11.8. The van der Waals surface area contributed by atoms with Gasteiger partial charge in [-0.05, 0) is 30.5 Å². The third-order valence-corrected chi connectivity index (χ3v) is 3.99. The molecule has 0 bridgehead atoms. The summed E-state index contributed by atoms with van der Waals surface area (Å²) in [5.41, 5.74) is 0.00213. The molecule has 16 heavy (non-hydrogen) atoms. The van der Waals surface area contributed by atoms with Crippen molar-refractivity contribution in [2.24, 2.45) is 0 Å². The van der Waals surface area contributed by atoms with Crippen LogP contribution in [0.25, 0.3) is 0 Å². The fourth-order valence-electron chi connectivity index (χ4n) is 2.47. The highest BCUT2D eigenvalue weighted by Gasteiger charge is 2.43. The summed E-state index contributed by atoms with van der Waals surface area (Å²) in [5.74, 6) is -0.620. The van der Waals surface area contributed by atoms with Crippen LogP contribution in [-0.4, -0.2) is 16.2 Å². The lowest BCUT2D eigenvalue weighted by molar-refractivity contribution is -0.143. The number of aliphatic carboxylic acids is 1. The van der Waals surface area contributed by atoms with Crippen molar-refractivity contribution in [2.45, 2.75) is 31.1 Å². The van der Waals surface area contributed by atoms with Gasteiger partial charge in [0.2, 0.25) is 0 Å². The molecule has 0 radical (unpaired) electrons. The molecule has 1 aromatic carbocycles. The van der Waals surface area contributed by atoms with E-state index in [1.165, 1.54) is 0 Å².